The zero-order valence-corrected chi connectivity index (χ0v) is 62.8. The van der Waals surface area contributed by atoms with Crippen molar-refractivity contribution >= 4 is 34.1 Å². The summed E-state index contributed by atoms with van der Waals surface area (Å²) >= 11 is 0. The SMILES string of the molecule is COc1ccc(CO[C@@H](C)C/C=C\C(O)C2OC(C)(C)O[C@H]2CCCc2cc(C)cc(C)c2C(=O)OCC[Si](C)(C)C)cc1.COc1ccc(CO[C@@H](C)C/C=C\C(OC(=O)c2ccccc2)C2OC(C)(C)O[C@H]2CCCc2cc(C)cc(C)c2C(=O)OCC[Si](C)(C)C)cc1. The largest absolute Gasteiger partial charge is 0.497 e. The fourth-order valence-electron chi connectivity index (χ4n) is 11.8. The topological polar surface area (TPSA) is 173 Å². The second kappa shape index (κ2) is 37.1. The van der Waals surface area contributed by atoms with Crippen LogP contribution in [-0.4, -0.2) is 127 Å². The Balaban J connectivity index is 0.000000308. The first-order valence-corrected chi connectivity index (χ1v) is 41.7. The lowest BCUT2D eigenvalue weighted by molar-refractivity contribution is -0.153. The number of ether oxygens (including phenoxy) is 11. The normalized spacial score (nSPS) is 18.9. The average molecular weight is 1360 g/mol. The smallest absolute Gasteiger partial charge is 0.338 e. The van der Waals surface area contributed by atoms with E-state index in [1.165, 1.54) is 0 Å². The number of hydrogen-bond donors (Lipinski definition) is 1. The number of carbonyl (C=O) groups excluding carboxylic acids is 3. The van der Waals surface area contributed by atoms with Crippen LogP contribution in [0.2, 0.25) is 51.4 Å². The lowest BCUT2D eigenvalue weighted by Crippen LogP contribution is -2.37. The van der Waals surface area contributed by atoms with Gasteiger partial charge in [-0.25, -0.2) is 14.4 Å². The summed E-state index contributed by atoms with van der Waals surface area (Å²) in [6.45, 7) is 35.1. The van der Waals surface area contributed by atoms with Crippen LogP contribution in [0.5, 0.6) is 11.5 Å². The van der Waals surface area contributed by atoms with Crippen molar-refractivity contribution < 1.29 is 71.6 Å². The van der Waals surface area contributed by atoms with Gasteiger partial charge >= 0.3 is 17.9 Å². The van der Waals surface area contributed by atoms with Crippen LogP contribution in [0.15, 0.2) is 127 Å². The molecule has 0 aliphatic carbocycles. The van der Waals surface area contributed by atoms with Gasteiger partial charge in [0.15, 0.2) is 11.6 Å². The second-order valence-corrected chi connectivity index (χ2v) is 40.4. The Bertz CT molecular complexity index is 3290. The summed E-state index contributed by atoms with van der Waals surface area (Å²) in [5, 5.41) is 11.1. The van der Waals surface area contributed by atoms with E-state index < -0.39 is 58.1 Å². The summed E-state index contributed by atoms with van der Waals surface area (Å²) in [6.07, 6.45) is 9.87. The molecule has 2 heterocycles. The highest BCUT2D eigenvalue weighted by Crippen LogP contribution is 2.37. The standard InChI is InChI=1S/C43H58O8Si.C36H54O7Si/c1-30-27-31(2)39(42(45)47-25-26-52(7,8)9)35(28-30)18-14-20-38-40(51-43(4,5)50-38)37(49-41(44)34-16-11-10-12-17-34)19-13-15-32(3)48-29-33-21-23-36(46-6)24-22-33;1-25-22-26(2)33(35(38)40-20-21-44(7,8)9)29(23-25)13-11-15-32-34(43-36(4,5)42-32)31(37)14-10-12-27(3)41-24-28-16-18-30(39-6)19-17-28/h10-13,16-17,19,21-24,27-28,32,37-38,40H,14-15,18,20,25-26,29H2,1-9H3;10,14,16-19,22-23,27,31-32,34,37H,11-13,15,20-21,24H2,1-9H3/b19-13-;14-10-/t32-,37?,38-,40?;27-,31?,32-,34?/m00/s1. The lowest BCUT2D eigenvalue weighted by atomic mass is 9.93. The number of benzene rings is 5. The van der Waals surface area contributed by atoms with Crippen molar-refractivity contribution in [2.75, 3.05) is 27.4 Å². The molecule has 1 N–H and O–H groups in total. The molecule has 0 radical (unpaired) electrons. The monoisotopic (exact) mass is 1360 g/mol. The predicted octanol–water partition coefficient (Wildman–Crippen LogP) is 17.0. The first kappa shape index (κ1) is 78.7. The molecule has 526 valence electrons. The highest BCUT2D eigenvalue weighted by molar-refractivity contribution is 6.76. The van der Waals surface area contributed by atoms with Crippen LogP contribution in [-0.2, 0) is 68.7 Å². The number of aliphatic hydroxyl groups is 1. The van der Waals surface area contributed by atoms with Crippen molar-refractivity contribution in [3.05, 3.63) is 189 Å². The van der Waals surface area contributed by atoms with E-state index >= 15 is 0 Å². The molecule has 96 heavy (non-hydrogen) atoms. The molecule has 5 aromatic carbocycles. The number of methoxy groups -OCH3 is 2. The Kier molecular flexibility index (Phi) is 30.4. The molecule has 5 aromatic rings. The van der Waals surface area contributed by atoms with Crippen molar-refractivity contribution in [2.45, 2.75) is 246 Å². The number of rotatable bonds is 34. The molecular weight excluding hydrogens is 1250 g/mol. The third kappa shape index (κ3) is 26.5. The van der Waals surface area contributed by atoms with Gasteiger partial charge in [-0.15, -0.1) is 0 Å². The van der Waals surface area contributed by atoms with E-state index in [2.05, 4.69) is 58.3 Å². The van der Waals surface area contributed by atoms with E-state index in [9.17, 15) is 19.5 Å². The molecule has 2 saturated heterocycles. The van der Waals surface area contributed by atoms with Crippen molar-refractivity contribution in [3.63, 3.8) is 0 Å². The van der Waals surface area contributed by atoms with Gasteiger partial charge in [0.1, 0.15) is 35.9 Å². The molecule has 8 atom stereocenters. The number of aliphatic hydroxyl groups excluding tert-OH is 1. The Morgan fingerprint density at radius 3 is 1.40 bits per heavy atom. The third-order valence-corrected chi connectivity index (χ3v) is 20.3. The van der Waals surface area contributed by atoms with Crippen molar-refractivity contribution in [1.82, 2.24) is 0 Å². The zero-order chi connectivity index (χ0) is 70.4. The van der Waals surface area contributed by atoms with Gasteiger partial charge in [0.05, 0.1) is 81.8 Å². The van der Waals surface area contributed by atoms with Gasteiger partial charge in [-0.05, 0) is 209 Å². The lowest BCUT2D eigenvalue weighted by Gasteiger charge is -2.25. The molecule has 0 aromatic heterocycles. The van der Waals surface area contributed by atoms with E-state index in [0.717, 1.165) is 80.9 Å². The maximum absolute atomic E-state index is 13.3. The van der Waals surface area contributed by atoms with Crippen LogP contribution in [0, 0.1) is 27.7 Å². The van der Waals surface area contributed by atoms with Crippen LogP contribution in [0.4, 0.5) is 0 Å². The molecule has 7 rings (SSSR count). The van der Waals surface area contributed by atoms with Gasteiger partial charge in [0, 0.05) is 16.1 Å². The molecule has 2 aliphatic rings. The Morgan fingerprint density at radius 2 is 0.969 bits per heavy atom. The minimum absolute atomic E-state index is 0.0113. The van der Waals surface area contributed by atoms with Gasteiger partial charge in [-0.1, -0.05) is 135 Å². The van der Waals surface area contributed by atoms with Crippen LogP contribution >= 0.6 is 0 Å². The summed E-state index contributed by atoms with van der Waals surface area (Å²) < 4.78 is 65.4. The Hall–Kier alpha value is -6.26. The van der Waals surface area contributed by atoms with E-state index in [0.29, 0.717) is 81.6 Å². The van der Waals surface area contributed by atoms with Crippen molar-refractivity contribution in [2.24, 2.45) is 0 Å². The van der Waals surface area contributed by atoms with Gasteiger partial charge in [0.2, 0.25) is 0 Å². The molecule has 0 bridgehead atoms. The molecule has 2 aliphatic heterocycles. The molecule has 15 nitrogen and oxygen atoms in total. The van der Waals surface area contributed by atoms with Crippen molar-refractivity contribution in [1.29, 1.82) is 0 Å². The molecule has 0 spiro atoms. The van der Waals surface area contributed by atoms with Crippen LogP contribution in [0.3, 0.4) is 0 Å². The van der Waals surface area contributed by atoms with Crippen LogP contribution < -0.4 is 9.47 Å². The van der Waals surface area contributed by atoms with Crippen LogP contribution in [0.25, 0.3) is 0 Å². The summed E-state index contributed by atoms with van der Waals surface area (Å²) in [5.74, 6) is -0.966. The minimum Gasteiger partial charge on any atom is -0.497 e. The predicted molar refractivity (Wildman–Crippen MR) is 386 cm³/mol. The second-order valence-electron chi connectivity index (χ2n) is 29.2. The molecule has 17 heteroatoms. The summed E-state index contributed by atoms with van der Waals surface area (Å²) in [5.41, 5.74) is 10.00. The highest BCUT2D eigenvalue weighted by Gasteiger charge is 2.46. The molecule has 0 amide bonds. The van der Waals surface area contributed by atoms with Gasteiger partial charge < -0.3 is 57.2 Å². The number of esters is 3. The molecule has 4 unspecified atom stereocenters. The summed E-state index contributed by atoms with van der Waals surface area (Å²) in [4.78, 5) is 39.8. The summed E-state index contributed by atoms with van der Waals surface area (Å²) in [7, 11) is 0.664. The minimum atomic E-state index is -1.34. The van der Waals surface area contributed by atoms with Crippen LogP contribution in [0.1, 0.15) is 156 Å². The Morgan fingerprint density at radius 1 is 0.552 bits per heavy atom. The van der Waals surface area contributed by atoms with E-state index in [-0.39, 0.29) is 36.4 Å². The van der Waals surface area contributed by atoms with Gasteiger partial charge in [-0.3, -0.25) is 0 Å². The van der Waals surface area contributed by atoms with E-state index in [1.807, 2.05) is 159 Å². The highest BCUT2D eigenvalue weighted by atomic mass is 28.3. The third-order valence-electron chi connectivity index (χ3n) is 16.9. The van der Waals surface area contributed by atoms with Gasteiger partial charge in [-0.2, -0.15) is 0 Å². The number of aryl methyl sites for hydroxylation is 6. The molecule has 2 fully saturated rings. The molecular formula is C79H112O15Si2. The first-order valence-electron chi connectivity index (χ1n) is 34.3. The van der Waals surface area contributed by atoms with Gasteiger partial charge in [0.25, 0.3) is 0 Å². The first-order chi connectivity index (χ1) is 45.3. The maximum Gasteiger partial charge on any atom is 0.338 e. The number of carbonyl (C=O) groups is 3. The van der Waals surface area contributed by atoms with Crippen molar-refractivity contribution in [3.8, 4) is 11.5 Å². The quantitative estimate of drug-likeness (QED) is 0.0178. The maximum atomic E-state index is 13.3. The zero-order valence-electron chi connectivity index (χ0n) is 60.8. The fraction of sp³-hybridized carbons (Fsp3) is 0.532. The molecule has 0 saturated carbocycles. The average Bonchev–Trinajstić information content (AvgIpc) is 1.42. The number of hydrogen-bond acceptors (Lipinski definition) is 15. The van der Waals surface area contributed by atoms with E-state index in [4.69, 9.17) is 52.1 Å². The summed E-state index contributed by atoms with van der Waals surface area (Å²) in [6, 6.07) is 34.7. The fourth-order valence-corrected chi connectivity index (χ4v) is 13.3. The van der Waals surface area contributed by atoms with E-state index in [1.54, 1.807) is 32.4 Å². The Labute approximate surface area is 575 Å².